The maximum atomic E-state index is 6.19. The van der Waals surface area contributed by atoms with Gasteiger partial charge in [0.25, 0.3) is 0 Å². The van der Waals surface area contributed by atoms with Gasteiger partial charge in [0.1, 0.15) is 6.61 Å². The van der Waals surface area contributed by atoms with Gasteiger partial charge in [-0.1, -0.05) is 43.1 Å². The number of aromatic nitrogens is 3. The molecule has 0 unspecified atom stereocenters. The van der Waals surface area contributed by atoms with Crippen molar-refractivity contribution in [2.75, 3.05) is 7.11 Å². The Morgan fingerprint density at radius 2 is 2.07 bits per heavy atom. The van der Waals surface area contributed by atoms with Crippen molar-refractivity contribution in [3.63, 3.8) is 0 Å². The first-order valence-electron chi connectivity index (χ1n) is 9.37. The predicted molar refractivity (Wildman–Crippen MR) is 118 cm³/mol. The van der Waals surface area contributed by atoms with Crippen molar-refractivity contribution in [1.29, 1.82) is 0 Å². The van der Waals surface area contributed by atoms with Crippen LogP contribution in [0.4, 0.5) is 0 Å². The summed E-state index contributed by atoms with van der Waals surface area (Å²) in [5.41, 5.74) is 1.77. The largest absolute Gasteiger partial charge is 0.493 e. The minimum atomic E-state index is 0.356. The lowest BCUT2D eigenvalue weighted by Gasteiger charge is -2.12. The van der Waals surface area contributed by atoms with Crippen LogP contribution in [0.5, 0.6) is 11.5 Å². The molecule has 1 heterocycles. The molecule has 0 spiro atoms. The molecular formula is C21H23ClN4O2S. The fourth-order valence-corrected chi connectivity index (χ4v) is 3.11. The van der Waals surface area contributed by atoms with Crippen LogP contribution in [0.1, 0.15) is 36.7 Å². The SMILES string of the molecule is CCCCc1n[nH]c(=S)n1/N=C/c1ccc(OCc2ccccc2Cl)c(OC)c1. The summed E-state index contributed by atoms with van der Waals surface area (Å²) in [6.07, 6.45) is 4.65. The van der Waals surface area contributed by atoms with Gasteiger partial charge in [-0.05, 0) is 48.5 Å². The highest BCUT2D eigenvalue weighted by Crippen LogP contribution is 2.29. The second-order valence-electron chi connectivity index (χ2n) is 6.40. The zero-order valence-corrected chi connectivity index (χ0v) is 18.0. The first kappa shape index (κ1) is 21.1. The first-order chi connectivity index (χ1) is 14.1. The van der Waals surface area contributed by atoms with Crippen LogP contribution in [0.15, 0.2) is 47.6 Å². The summed E-state index contributed by atoms with van der Waals surface area (Å²) < 4.78 is 13.5. The van der Waals surface area contributed by atoms with Gasteiger partial charge in [-0.2, -0.15) is 14.9 Å². The summed E-state index contributed by atoms with van der Waals surface area (Å²) in [5.74, 6) is 2.07. The summed E-state index contributed by atoms with van der Waals surface area (Å²) >= 11 is 11.5. The minimum absolute atomic E-state index is 0.356. The van der Waals surface area contributed by atoms with E-state index < -0.39 is 0 Å². The zero-order valence-electron chi connectivity index (χ0n) is 16.4. The van der Waals surface area contributed by atoms with Gasteiger partial charge in [0.05, 0.1) is 13.3 Å². The van der Waals surface area contributed by atoms with E-state index in [9.17, 15) is 0 Å². The van der Waals surface area contributed by atoms with Crippen molar-refractivity contribution in [3.8, 4) is 11.5 Å². The number of hydrogen-bond donors (Lipinski definition) is 1. The van der Waals surface area contributed by atoms with E-state index in [0.717, 1.165) is 36.2 Å². The Balaban J connectivity index is 1.75. The van der Waals surface area contributed by atoms with Crippen molar-refractivity contribution in [2.45, 2.75) is 32.8 Å². The van der Waals surface area contributed by atoms with Crippen molar-refractivity contribution < 1.29 is 9.47 Å². The van der Waals surface area contributed by atoms with Gasteiger partial charge in [-0.3, -0.25) is 5.10 Å². The Bertz CT molecular complexity index is 1050. The Hall–Kier alpha value is -2.64. The summed E-state index contributed by atoms with van der Waals surface area (Å²) in [6.45, 7) is 2.49. The quantitative estimate of drug-likeness (QED) is 0.364. The van der Waals surface area contributed by atoms with Crippen LogP contribution in [-0.2, 0) is 13.0 Å². The number of aryl methyl sites for hydroxylation is 1. The standard InChI is InChI=1S/C21H23ClN4O2S/c1-3-4-9-20-24-25-21(29)26(20)23-13-15-10-11-18(19(12-15)27-2)28-14-16-7-5-6-8-17(16)22/h5-8,10-13H,3-4,9,14H2,1-2H3,(H,25,29)/b23-13+. The number of aromatic amines is 1. The van der Waals surface area contributed by atoms with Crippen molar-refractivity contribution in [3.05, 3.63) is 69.2 Å². The average Bonchev–Trinajstić information content (AvgIpc) is 3.09. The van der Waals surface area contributed by atoms with Crippen LogP contribution < -0.4 is 9.47 Å². The molecule has 0 saturated carbocycles. The lowest BCUT2D eigenvalue weighted by molar-refractivity contribution is 0.284. The predicted octanol–water partition coefficient (Wildman–Crippen LogP) is 5.41. The van der Waals surface area contributed by atoms with E-state index in [2.05, 4.69) is 22.2 Å². The number of ether oxygens (including phenoxy) is 2. The number of unbranched alkanes of at least 4 members (excludes halogenated alkanes) is 1. The van der Waals surface area contributed by atoms with Crippen molar-refractivity contribution in [1.82, 2.24) is 14.9 Å². The number of nitrogens with zero attached hydrogens (tertiary/aromatic N) is 3. The maximum Gasteiger partial charge on any atom is 0.216 e. The fourth-order valence-electron chi connectivity index (χ4n) is 2.72. The molecule has 0 atom stereocenters. The molecule has 1 aromatic heterocycles. The van der Waals surface area contributed by atoms with E-state index in [1.54, 1.807) is 18.0 Å². The van der Waals surface area contributed by atoms with Crippen molar-refractivity contribution >= 4 is 30.0 Å². The Morgan fingerprint density at radius 3 is 2.83 bits per heavy atom. The highest BCUT2D eigenvalue weighted by atomic mass is 35.5. The molecule has 0 amide bonds. The number of methoxy groups -OCH3 is 1. The molecule has 3 rings (SSSR count). The number of rotatable bonds is 9. The highest BCUT2D eigenvalue weighted by molar-refractivity contribution is 7.71. The second kappa shape index (κ2) is 10.2. The van der Waals surface area contributed by atoms with Gasteiger partial charge in [0.2, 0.25) is 4.77 Å². The molecule has 0 fully saturated rings. The first-order valence-corrected chi connectivity index (χ1v) is 10.2. The van der Waals surface area contributed by atoms with Crippen LogP contribution in [-0.4, -0.2) is 28.2 Å². The topological polar surface area (TPSA) is 64.4 Å². The highest BCUT2D eigenvalue weighted by Gasteiger charge is 2.08. The lowest BCUT2D eigenvalue weighted by Crippen LogP contribution is -2.00. The normalized spacial score (nSPS) is 11.1. The third kappa shape index (κ3) is 5.46. The summed E-state index contributed by atoms with van der Waals surface area (Å²) in [7, 11) is 1.60. The van der Waals surface area contributed by atoms with E-state index in [1.165, 1.54) is 0 Å². The summed E-state index contributed by atoms with van der Waals surface area (Å²) in [6, 6.07) is 13.2. The number of halogens is 1. The molecule has 0 bridgehead atoms. The Morgan fingerprint density at radius 1 is 1.24 bits per heavy atom. The number of hydrogen-bond acceptors (Lipinski definition) is 5. The molecule has 2 aromatic carbocycles. The number of nitrogens with one attached hydrogen (secondary N) is 1. The third-order valence-electron chi connectivity index (χ3n) is 4.32. The molecule has 152 valence electrons. The van der Waals surface area contributed by atoms with E-state index in [4.69, 9.17) is 33.3 Å². The number of H-pyrrole nitrogens is 1. The van der Waals surface area contributed by atoms with Gasteiger partial charge in [0, 0.05) is 17.0 Å². The van der Waals surface area contributed by atoms with E-state index >= 15 is 0 Å². The van der Waals surface area contributed by atoms with Crippen LogP contribution in [0, 0.1) is 4.77 Å². The molecule has 3 aromatic rings. The second-order valence-corrected chi connectivity index (χ2v) is 7.19. The third-order valence-corrected chi connectivity index (χ3v) is 4.96. The van der Waals surface area contributed by atoms with E-state index in [1.807, 2.05) is 42.5 Å². The minimum Gasteiger partial charge on any atom is -0.493 e. The van der Waals surface area contributed by atoms with Gasteiger partial charge in [0.15, 0.2) is 17.3 Å². The molecule has 0 aliphatic heterocycles. The summed E-state index contributed by atoms with van der Waals surface area (Å²) in [4.78, 5) is 0. The van der Waals surface area contributed by atoms with Gasteiger partial charge in [-0.25, -0.2) is 0 Å². The Kier molecular flexibility index (Phi) is 7.43. The van der Waals surface area contributed by atoms with E-state index in [0.29, 0.717) is 27.9 Å². The summed E-state index contributed by atoms with van der Waals surface area (Å²) in [5, 5.41) is 12.2. The van der Waals surface area contributed by atoms with Gasteiger partial charge < -0.3 is 9.47 Å². The van der Waals surface area contributed by atoms with Crippen LogP contribution in [0.3, 0.4) is 0 Å². The lowest BCUT2D eigenvalue weighted by atomic mass is 10.2. The van der Waals surface area contributed by atoms with Gasteiger partial charge >= 0.3 is 0 Å². The Labute approximate surface area is 180 Å². The van der Waals surface area contributed by atoms with Crippen LogP contribution >= 0.6 is 23.8 Å². The zero-order chi connectivity index (χ0) is 20.6. The maximum absolute atomic E-state index is 6.19. The molecule has 0 saturated heterocycles. The molecule has 6 nitrogen and oxygen atoms in total. The monoisotopic (exact) mass is 430 g/mol. The number of benzene rings is 2. The molecule has 1 N–H and O–H groups in total. The molecule has 29 heavy (non-hydrogen) atoms. The average molecular weight is 431 g/mol. The molecule has 0 radical (unpaired) electrons. The smallest absolute Gasteiger partial charge is 0.216 e. The molecule has 8 heteroatoms. The fraction of sp³-hybridized carbons (Fsp3) is 0.286. The molecular weight excluding hydrogens is 408 g/mol. The van der Waals surface area contributed by atoms with Gasteiger partial charge in [-0.15, -0.1) is 0 Å². The van der Waals surface area contributed by atoms with Crippen LogP contribution in [0.25, 0.3) is 0 Å². The molecule has 0 aliphatic rings. The molecule has 0 aliphatic carbocycles. The van der Waals surface area contributed by atoms with Crippen molar-refractivity contribution in [2.24, 2.45) is 5.10 Å². The van der Waals surface area contributed by atoms with Crippen LogP contribution in [0.2, 0.25) is 5.02 Å². The van der Waals surface area contributed by atoms with E-state index in [-0.39, 0.29) is 0 Å².